The van der Waals surface area contributed by atoms with E-state index >= 15 is 0 Å². The van der Waals surface area contributed by atoms with Gasteiger partial charge in [-0.15, -0.1) is 0 Å². The molecule has 0 atom stereocenters. The third-order valence-electron chi connectivity index (χ3n) is 3.67. The number of hydrogen-bond donors (Lipinski definition) is 1. The number of rotatable bonds is 6. The summed E-state index contributed by atoms with van der Waals surface area (Å²) in [6.07, 6.45) is 3.19. The van der Waals surface area contributed by atoms with Crippen LogP contribution in [0.15, 0.2) is 71.9 Å². The second-order valence-corrected chi connectivity index (χ2v) is 7.60. The summed E-state index contributed by atoms with van der Waals surface area (Å²) in [5.74, 6) is 0.319. The monoisotopic (exact) mass is 418 g/mol. The van der Waals surface area contributed by atoms with Crippen LogP contribution in [0.3, 0.4) is 0 Å². The van der Waals surface area contributed by atoms with Crippen molar-refractivity contribution in [3.63, 3.8) is 0 Å². The van der Waals surface area contributed by atoms with E-state index in [1.165, 1.54) is 12.1 Å². The maximum atomic E-state index is 12.3. The van der Waals surface area contributed by atoms with E-state index < -0.39 is 16.0 Å². The number of aromatic nitrogens is 1. The zero-order valence-electron chi connectivity index (χ0n) is 14.4. The highest BCUT2D eigenvalue weighted by Gasteiger charge is 2.17. The molecule has 144 valence electrons. The van der Waals surface area contributed by atoms with E-state index in [2.05, 4.69) is 4.98 Å². The fourth-order valence-corrected chi connectivity index (χ4v) is 3.40. The standard InChI is InChI=1S/C19H15ClN2O5S/c20-16-8-7-13(10-18(16)28(21,24)25)19(23)26-12-14-4-1-2-6-17(14)27-15-5-3-9-22-11-15/h1-11H,12H2,(H2,21,24,25). The van der Waals surface area contributed by atoms with Crippen LogP contribution in [-0.2, 0) is 21.4 Å². The van der Waals surface area contributed by atoms with Crippen molar-refractivity contribution >= 4 is 27.6 Å². The summed E-state index contributed by atoms with van der Waals surface area (Å²) in [5.41, 5.74) is 0.638. The lowest BCUT2D eigenvalue weighted by molar-refractivity contribution is 0.0470. The van der Waals surface area contributed by atoms with Gasteiger partial charge in [0.15, 0.2) is 0 Å². The minimum atomic E-state index is -4.06. The highest BCUT2D eigenvalue weighted by molar-refractivity contribution is 7.89. The summed E-state index contributed by atoms with van der Waals surface area (Å²) < 4.78 is 34.1. The van der Waals surface area contributed by atoms with Gasteiger partial charge in [-0.1, -0.05) is 29.8 Å². The minimum absolute atomic E-state index is 0.0130. The first kappa shape index (κ1) is 19.8. The van der Waals surface area contributed by atoms with Crippen molar-refractivity contribution in [3.05, 3.63) is 83.1 Å². The van der Waals surface area contributed by atoms with Gasteiger partial charge in [0.25, 0.3) is 0 Å². The third-order valence-corrected chi connectivity index (χ3v) is 5.06. The van der Waals surface area contributed by atoms with Crippen molar-refractivity contribution in [1.29, 1.82) is 0 Å². The topological polar surface area (TPSA) is 109 Å². The minimum Gasteiger partial charge on any atom is -0.457 e. The van der Waals surface area contributed by atoms with Crippen molar-refractivity contribution in [2.45, 2.75) is 11.5 Å². The van der Waals surface area contributed by atoms with Crippen molar-refractivity contribution < 1.29 is 22.7 Å². The molecular formula is C19H15ClN2O5S. The number of nitrogens with two attached hydrogens (primary N) is 1. The number of primary sulfonamides is 1. The smallest absolute Gasteiger partial charge is 0.338 e. The van der Waals surface area contributed by atoms with Gasteiger partial charge in [-0.25, -0.2) is 18.4 Å². The molecule has 1 aromatic heterocycles. The van der Waals surface area contributed by atoms with Gasteiger partial charge in [-0.3, -0.25) is 4.98 Å². The number of sulfonamides is 1. The molecule has 28 heavy (non-hydrogen) atoms. The van der Waals surface area contributed by atoms with E-state index in [1.54, 1.807) is 48.8 Å². The molecule has 0 amide bonds. The van der Waals surface area contributed by atoms with Crippen LogP contribution in [0, 0.1) is 0 Å². The summed E-state index contributed by atoms with van der Waals surface area (Å²) in [7, 11) is -4.06. The molecule has 0 saturated carbocycles. The zero-order chi connectivity index (χ0) is 20.1. The molecule has 9 heteroatoms. The molecule has 3 aromatic rings. The van der Waals surface area contributed by atoms with Crippen molar-refractivity contribution in [1.82, 2.24) is 4.98 Å². The quantitative estimate of drug-likeness (QED) is 0.613. The first-order chi connectivity index (χ1) is 13.3. The molecule has 0 unspecified atom stereocenters. The third kappa shape index (κ3) is 4.86. The van der Waals surface area contributed by atoms with E-state index in [-0.39, 0.29) is 22.1 Å². The summed E-state index contributed by atoms with van der Waals surface area (Å²) >= 11 is 5.82. The maximum absolute atomic E-state index is 12.3. The first-order valence-electron chi connectivity index (χ1n) is 8.00. The summed E-state index contributed by atoms with van der Waals surface area (Å²) in [6.45, 7) is -0.0808. The Morgan fingerprint density at radius 1 is 1.11 bits per heavy atom. The molecular weight excluding hydrogens is 404 g/mol. The van der Waals surface area contributed by atoms with Crippen LogP contribution in [-0.4, -0.2) is 19.4 Å². The van der Waals surface area contributed by atoms with Crippen molar-refractivity contribution in [2.75, 3.05) is 0 Å². The molecule has 1 heterocycles. The highest BCUT2D eigenvalue weighted by atomic mass is 35.5. The number of ether oxygens (including phenoxy) is 2. The van der Waals surface area contributed by atoms with E-state index in [9.17, 15) is 13.2 Å². The molecule has 2 aromatic carbocycles. The molecule has 0 saturated heterocycles. The van der Waals surface area contributed by atoms with Gasteiger partial charge in [0.2, 0.25) is 10.0 Å². The van der Waals surface area contributed by atoms with Gasteiger partial charge < -0.3 is 9.47 Å². The number of halogens is 1. The second-order valence-electron chi connectivity index (χ2n) is 5.66. The molecule has 0 radical (unpaired) electrons. The Labute approximate surface area is 166 Å². The number of esters is 1. The fraction of sp³-hybridized carbons (Fsp3) is 0.0526. The van der Waals surface area contributed by atoms with Crippen LogP contribution in [0.4, 0.5) is 0 Å². The van der Waals surface area contributed by atoms with Gasteiger partial charge in [0.1, 0.15) is 23.0 Å². The van der Waals surface area contributed by atoms with Gasteiger partial charge in [-0.05, 0) is 36.4 Å². The van der Waals surface area contributed by atoms with E-state index in [0.29, 0.717) is 17.1 Å². The molecule has 0 aliphatic heterocycles. The Balaban J connectivity index is 1.75. The van der Waals surface area contributed by atoms with Crippen LogP contribution in [0.25, 0.3) is 0 Å². The SMILES string of the molecule is NS(=O)(=O)c1cc(C(=O)OCc2ccccc2Oc2cccnc2)ccc1Cl. The Hall–Kier alpha value is -2.94. The normalized spacial score (nSPS) is 11.1. The van der Waals surface area contributed by atoms with Gasteiger partial charge in [-0.2, -0.15) is 0 Å². The number of benzene rings is 2. The highest BCUT2D eigenvalue weighted by Crippen LogP contribution is 2.26. The molecule has 0 spiro atoms. The lowest BCUT2D eigenvalue weighted by Crippen LogP contribution is -2.14. The number of para-hydroxylation sites is 1. The molecule has 0 bridgehead atoms. The van der Waals surface area contributed by atoms with Crippen LogP contribution < -0.4 is 9.88 Å². The average Bonchev–Trinajstić information content (AvgIpc) is 2.67. The van der Waals surface area contributed by atoms with E-state index in [4.69, 9.17) is 26.2 Å². The van der Waals surface area contributed by atoms with Crippen LogP contribution in [0.5, 0.6) is 11.5 Å². The van der Waals surface area contributed by atoms with E-state index in [0.717, 1.165) is 6.07 Å². The predicted molar refractivity (Wildman–Crippen MR) is 103 cm³/mol. The number of hydrogen-bond acceptors (Lipinski definition) is 6. The Bertz CT molecular complexity index is 1100. The molecule has 7 nitrogen and oxygen atoms in total. The van der Waals surface area contributed by atoms with Crippen LogP contribution in [0.1, 0.15) is 15.9 Å². The van der Waals surface area contributed by atoms with Crippen molar-refractivity contribution in [3.8, 4) is 11.5 Å². The molecule has 0 fully saturated rings. The van der Waals surface area contributed by atoms with Gasteiger partial charge in [0.05, 0.1) is 16.8 Å². The number of carbonyl (C=O) groups excluding carboxylic acids is 1. The largest absolute Gasteiger partial charge is 0.457 e. The maximum Gasteiger partial charge on any atom is 0.338 e. The summed E-state index contributed by atoms with van der Waals surface area (Å²) in [5, 5.41) is 5.02. The fourth-order valence-electron chi connectivity index (χ4n) is 2.33. The van der Waals surface area contributed by atoms with Crippen LogP contribution >= 0.6 is 11.6 Å². The van der Waals surface area contributed by atoms with Crippen LogP contribution in [0.2, 0.25) is 5.02 Å². The molecule has 3 rings (SSSR count). The Morgan fingerprint density at radius 3 is 2.61 bits per heavy atom. The molecule has 0 aliphatic rings. The second kappa shape index (κ2) is 8.39. The zero-order valence-corrected chi connectivity index (χ0v) is 16.0. The number of pyridine rings is 1. The molecule has 2 N–H and O–H groups in total. The average molecular weight is 419 g/mol. The van der Waals surface area contributed by atoms with E-state index in [1.807, 2.05) is 0 Å². The van der Waals surface area contributed by atoms with Gasteiger partial charge >= 0.3 is 5.97 Å². The number of nitrogens with zero attached hydrogens (tertiary/aromatic N) is 1. The lowest BCUT2D eigenvalue weighted by atomic mass is 10.2. The van der Waals surface area contributed by atoms with Gasteiger partial charge in [0, 0.05) is 11.8 Å². The Kier molecular flexibility index (Phi) is 5.93. The van der Waals surface area contributed by atoms with Crippen molar-refractivity contribution in [2.24, 2.45) is 5.14 Å². The summed E-state index contributed by atoms with van der Waals surface area (Å²) in [6, 6.07) is 14.2. The Morgan fingerprint density at radius 2 is 1.89 bits per heavy atom. The number of carbonyl (C=O) groups is 1. The summed E-state index contributed by atoms with van der Waals surface area (Å²) in [4.78, 5) is 16.0. The molecule has 0 aliphatic carbocycles. The lowest BCUT2D eigenvalue weighted by Gasteiger charge is -2.12. The first-order valence-corrected chi connectivity index (χ1v) is 9.92. The predicted octanol–water partition coefficient (Wildman–Crippen LogP) is 3.53.